The lowest BCUT2D eigenvalue weighted by atomic mass is 9.97. The summed E-state index contributed by atoms with van der Waals surface area (Å²) in [5, 5.41) is 6.98. The van der Waals surface area contributed by atoms with Gasteiger partial charge in [-0.1, -0.05) is 127 Å². The number of hydrogen-bond donors (Lipinski definition) is 0. The first-order valence-electron chi connectivity index (χ1n) is 15.0. The van der Waals surface area contributed by atoms with Crippen molar-refractivity contribution in [1.82, 2.24) is 15.0 Å². The van der Waals surface area contributed by atoms with Gasteiger partial charge >= 0.3 is 0 Å². The summed E-state index contributed by atoms with van der Waals surface area (Å²) in [6.45, 7) is 0. The fourth-order valence-corrected chi connectivity index (χ4v) is 6.23. The fourth-order valence-electron chi connectivity index (χ4n) is 6.23. The van der Waals surface area contributed by atoms with E-state index in [9.17, 15) is 0 Å². The molecule has 4 heteroatoms. The monoisotopic (exact) mass is 575 g/mol. The molecule has 0 bridgehead atoms. The van der Waals surface area contributed by atoms with Crippen LogP contribution in [0, 0.1) is 0 Å². The van der Waals surface area contributed by atoms with Crippen LogP contribution in [-0.2, 0) is 0 Å². The topological polar surface area (TPSA) is 51.8 Å². The molecule has 0 aliphatic heterocycles. The summed E-state index contributed by atoms with van der Waals surface area (Å²) < 4.78 is 6.37. The number of hydrogen-bond acceptors (Lipinski definition) is 4. The van der Waals surface area contributed by atoms with Crippen LogP contribution >= 0.6 is 0 Å². The van der Waals surface area contributed by atoms with E-state index in [0.29, 0.717) is 17.5 Å². The highest BCUT2D eigenvalue weighted by atomic mass is 16.3. The summed E-state index contributed by atoms with van der Waals surface area (Å²) in [7, 11) is 0. The van der Waals surface area contributed by atoms with Crippen molar-refractivity contribution in [3.63, 3.8) is 0 Å². The fraction of sp³-hybridized carbons (Fsp3) is 0. The zero-order valence-electron chi connectivity index (χ0n) is 24.2. The van der Waals surface area contributed by atoms with Gasteiger partial charge in [0.05, 0.1) is 0 Å². The Balaban J connectivity index is 1.16. The molecule has 45 heavy (non-hydrogen) atoms. The zero-order valence-corrected chi connectivity index (χ0v) is 24.2. The van der Waals surface area contributed by atoms with Crippen molar-refractivity contribution in [3.05, 3.63) is 152 Å². The van der Waals surface area contributed by atoms with Gasteiger partial charge in [0, 0.05) is 27.5 Å². The van der Waals surface area contributed by atoms with Gasteiger partial charge in [-0.2, -0.15) is 0 Å². The Labute approximate surface area is 259 Å². The molecule has 4 nitrogen and oxygen atoms in total. The van der Waals surface area contributed by atoms with Crippen LogP contribution in [0.15, 0.2) is 156 Å². The van der Waals surface area contributed by atoms with Gasteiger partial charge in [0.15, 0.2) is 17.5 Å². The van der Waals surface area contributed by atoms with Gasteiger partial charge in [-0.3, -0.25) is 0 Å². The number of aromatic nitrogens is 3. The van der Waals surface area contributed by atoms with E-state index >= 15 is 0 Å². The summed E-state index contributed by atoms with van der Waals surface area (Å²) in [4.78, 5) is 14.9. The Morgan fingerprint density at radius 1 is 0.333 bits per heavy atom. The molecule has 0 fully saturated rings. The van der Waals surface area contributed by atoms with Crippen LogP contribution in [-0.4, -0.2) is 15.0 Å². The molecule has 0 saturated carbocycles. The Bertz CT molecular complexity index is 2530. The van der Waals surface area contributed by atoms with Gasteiger partial charge in [-0.05, 0) is 56.9 Å². The van der Waals surface area contributed by atoms with E-state index in [-0.39, 0.29) is 0 Å². The molecule has 0 amide bonds. The Morgan fingerprint density at radius 3 is 1.67 bits per heavy atom. The predicted octanol–water partition coefficient (Wildman–Crippen LogP) is 10.7. The molecule has 0 spiro atoms. The second-order valence-corrected chi connectivity index (χ2v) is 11.3. The first kappa shape index (κ1) is 25.4. The number of fused-ring (bicyclic) bond motifs is 5. The highest BCUT2D eigenvalue weighted by Crippen LogP contribution is 2.35. The second-order valence-electron chi connectivity index (χ2n) is 11.3. The predicted molar refractivity (Wildman–Crippen MR) is 184 cm³/mol. The largest absolute Gasteiger partial charge is 0.456 e. The van der Waals surface area contributed by atoms with Crippen molar-refractivity contribution >= 4 is 43.5 Å². The molecule has 0 atom stereocenters. The lowest BCUT2D eigenvalue weighted by molar-refractivity contribution is 0.669. The molecular weight excluding hydrogens is 550 g/mol. The summed E-state index contributed by atoms with van der Waals surface area (Å²) in [5.41, 5.74) is 6.76. The van der Waals surface area contributed by atoms with Gasteiger partial charge in [0.1, 0.15) is 11.2 Å². The summed E-state index contributed by atoms with van der Waals surface area (Å²) >= 11 is 0. The maximum atomic E-state index is 6.37. The Morgan fingerprint density at radius 2 is 0.889 bits per heavy atom. The minimum Gasteiger partial charge on any atom is -0.456 e. The molecule has 0 N–H and O–H groups in total. The van der Waals surface area contributed by atoms with E-state index in [1.54, 1.807) is 0 Å². The van der Waals surface area contributed by atoms with Crippen molar-refractivity contribution in [1.29, 1.82) is 0 Å². The number of benzene rings is 7. The maximum Gasteiger partial charge on any atom is 0.164 e. The van der Waals surface area contributed by atoms with Crippen LogP contribution in [0.2, 0.25) is 0 Å². The van der Waals surface area contributed by atoms with Crippen molar-refractivity contribution < 1.29 is 4.42 Å². The quantitative estimate of drug-likeness (QED) is 0.209. The van der Waals surface area contributed by atoms with E-state index in [1.807, 2.05) is 36.4 Å². The molecule has 0 aliphatic rings. The summed E-state index contributed by atoms with van der Waals surface area (Å²) in [5.74, 6) is 1.86. The van der Waals surface area contributed by atoms with Crippen LogP contribution in [0.5, 0.6) is 0 Å². The molecule has 210 valence electrons. The third kappa shape index (κ3) is 4.43. The molecule has 2 aromatic heterocycles. The first-order valence-corrected chi connectivity index (χ1v) is 15.0. The molecule has 7 aromatic carbocycles. The van der Waals surface area contributed by atoms with E-state index < -0.39 is 0 Å². The molecule has 2 heterocycles. The number of furan rings is 1. The van der Waals surface area contributed by atoms with Gasteiger partial charge in [0.25, 0.3) is 0 Å². The number of rotatable bonds is 4. The average Bonchev–Trinajstić information content (AvgIpc) is 3.47. The number of nitrogens with zero attached hydrogens (tertiary/aromatic N) is 3. The summed E-state index contributed by atoms with van der Waals surface area (Å²) in [6.07, 6.45) is 0. The van der Waals surface area contributed by atoms with Crippen LogP contribution in [0.25, 0.3) is 88.8 Å². The van der Waals surface area contributed by atoms with Crippen molar-refractivity contribution in [2.75, 3.05) is 0 Å². The van der Waals surface area contributed by atoms with E-state index in [4.69, 9.17) is 19.4 Å². The van der Waals surface area contributed by atoms with Crippen molar-refractivity contribution in [2.24, 2.45) is 0 Å². The van der Waals surface area contributed by atoms with Crippen LogP contribution < -0.4 is 0 Å². The van der Waals surface area contributed by atoms with E-state index in [1.165, 1.54) is 21.7 Å². The Hall–Kier alpha value is -6.13. The van der Waals surface area contributed by atoms with Crippen molar-refractivity contribution in [2.45, 2.75) is 0 Å². The minimum absolute atomic E-state index is 0.601. The SMILES string of the molecule is c1ccc(-c2nc(-c3ccc(-c4cccc5ccccc45)cc3)nc(-c3ccc4c(c3)oc3cc5ccccc5cc34)n2)cc1. The third-order valence-corrected chi connectivity index (χ3v) is 8.51. The Kier molecular flexibility index (Phi) is 5.78. The van der Waals surface area contributed by atoms with Crippen LogP contribution in [0.3, 0.4) is 0 Å². The zero-order chi connectivity index (χ0) is 29.7. The standard InChI is InChI=1S/C41H25N3O/c1-2-10-28(11-3-1)39-42-40(29-19-17-27(18-20-29)34-16-8-14-26-9-6-7-15-33(26)34)44-41(43-39)32-21-22-35-36-23-30-12-4-5-13-31(30)24-38(36)45-37(35)25-32/h1-25H. The molecular formula is C41H25N3O. The minimum atomic E-state index is 0.601. The van der Waals surface area contributed by atoms with Gasteiger partial charge < -0.3 is 4.42 Å². The van der Waals surface area contributed by atoms with Gasteiger partial charge in [-0.15, -0.1) is 0 Å². The molecule has 0 saturated heterocycles. The smallest absolute Gasteiger partial charge is 0.164 e. The van der Waals surface area contributed by atoms with E-state index in [0.717, 1.165) is 49.6 Å². The summed E-state index contributed by atoms with van der Waals surface area (Å²) in [6, 6.07) is 52.3. The average molecular weight is 576 g/mol. The lowest BCUT2D eigenvalue weighted by Crippen LogP contribution is -2.00. The highest BCUT2D eigenvalue weighted by molar-refractivity contribution is 6.10. The lowest BCUT2D eigenvalue weighted by Gasteiger charge is -2.10. The van der Waals surface area contributed by atoms with Crippen LogP contribution in [0.4, 0.5) is 0 Å². The maximum absolute atomic E-state index is 6.37. The van der Waals surface area contributed by atoms with Gasteiger partial charge in [-0.25, -0.2) is 15.0 Å². The van der Waals surface area contributed by atoms with Gasteiger partial charge in [0.2, 0.25) is 0 Å². The molecule has 0 unspecified atom stereocenters. The molecule has 9 aromatic rings. The molecule has 0 aliphatic carbocycles. The third-order valence-electron chi connectivity index (χ3n) is 8.51. The van der Waals surface area contributed by atoms with Crippen molar-refractivity contribution in [3.8, 4) is 45.3 Å². The normalized spacial score (nSPS) is 11.6. The molecule has 0 radical (unpaired) electrons. The van der Waals surface area contributed by atoms with E-state index in [2.05, 4.69) is 115 Å². The second kappa shape index (κ2) is 10.2. The molecule has 9 rings (SSSR count). The first-order chi connectivity index (χ1) is 22.3. The van der Waals surface area contributed by atoms with Crippen LogP contribution in [0.1, 0.15) is 0 Å². The highest BCUT2D eigenvalue weighted by Gasteiger charge is 2.15.